The molecule has 15 heavy (non-hydrogen) atoms. The van der Waals surface area contributed by atoms with Crippen molar-refractivity contribution in [2.45, 2.75) is 39.3 Å². The van der Waals surface area contributed by atoms with Crippen molar-refractivity contribution in [3.05, 3.63) is 0 Å². The maximum absolute atomic E-state index is 11.6. The van der Waals surface area contributed by atoms with Gasteiger partial charge in [0.05, 0.1) is 12.6 Å². The van der Waals surface area contributed by atoms with Crippen molar-refractivity contribution in [3.8, 4) is 0 Å². The summed E-state index contributed by atoms with van der Waals surface area (Å²) < 4.78 is 29.5. The molecule has 1 fully saturated rings. The highest BCUT2D eigenvalue weighted by molar-refractivity contribution is 8.18. The Hall–Kier alpha value is -0.500. The summed E-state index contributed by atoms with van der Waals surface area (Å²) in [7, 11) is 0. The average Bonchev–Trinajstić information content (AvgIpc) is 2.21. The summed E-state index contributed by atoms with van der Waals surface area (Å²) in [6, 6.07) is -0.398. The van der Waals surface area contributed by atoms with Crippen LogP contribution in [0.2, 0.25) is 0 Å². The van der Waals surface area contributed by atoms with Gasteiger partial charge in [0.15, 0.2) is 11.1 Å². The Morgan fingerprint density at radius 2 is 2.07 bits per heavy atom. The first kappa shape index (κ1) is 12.6. The zero-order chi connectivity index (χ0) is 11.9. The number of hydrogen-bond acceptors (Lipinski definition) is 5. The molecule has 1 rings (SSSR count). The molecule has 6 nitrogen and oxygen atoms in total. The Labute approximate surface area is 90.8 Å². The van der Waals surface area contributed by atoms with E-state index in [1.165, 1.54) is 0 Å². The van der Waals surface area contributed by atoms with Gasteiger partial charge in [-0.05, 0) is 27.7 Å². The smallest absolute Gasteiger partial charge is 0.424 e. The molecule has 2 N–H and O–H groups in total. The summed E-state index contributed by atoms with van der Waals surface area (Å²) in [5.74, 6) is 0. The van der Waals surface area contributed by atoms with E-state index < -0.39 is 28.8 Å². The van der Waals surface area contributed by atoms with Crippen LogP contribution in [0.25, 0.3) is 0 Å². The molecule has 1 heterocycles. The van der Waals surface area contributed by atoms with Gasteiger partial charge in [-0.15, -0.1) is 0 Å². The molecule has 0 spiro atoms. The van der Waals surface area contributed by atoms with E-state index in [2.05, 4.69) is 0 Å². The van der Waals surface area contributed by atoms with E-state index in [4.69, 9.17) is 8.92 Å². The lowest BCUT2D eigenvalue weighted by Gasteiger charge is -2.33. The van der Waals surface area contributed by atoms with E-state index >= 15 is 0 Å². The maximum Gasteiger partial charge on any atom is 0.424 e. The summed E-state index contributed by atoms with van der Waals surface area (Å²) in [6.07, 6.45) is -0.771. The first-order valence-electron chi connectivity index (χ1n) is 4.58. The van der Waals surface area contributed by atoms with Gasteiger partial charge in [0.25, 0.3) is 0 Å². The fraction of sp³-hybridized carbons (Fsp3) is 0.875. The van der Waals surface area contributed by atoms with Crippen LogP contribution >= 0.6 is 11.1 Å². The zero-order valence-corrected chi connectivity index (χ0v) is 10.1. The molecule has 1 aliphatic heterocycles. The Balaban J connectivity index is 2.74. The van der Waals surface area contributed by atoms with Crippen molar-refractivity contribution in [3.63, 3.8) is 0 Å². The van der Waals surface area contributed by atoms with E-state index in [-0.39, 0.29) is 6.61 Å². The fourth-order valence-electron chi connectivity index (χ4n) is 1.13. The lowest BCUT2D eigenvalue weighted by atomic mass is 10.2. The number of nitrogens with zero attached hydrogens (tertiary/aromatic N) is 1. The van der Waals surface area contributed by atoms with Crippen molar-refractivity contribution in [1.82, 2.24) is 4.31 Å². The van der Waals surface area contributed by atoms with Crippen LogP contribution in [0.1, 0.15) is 27.7 Å². The van der Waals surface area contributed by atoms with E-state index in [9.17, 15) is 13.9 Å². The molecule has 1 saturated heterocycles. The number of carbonyl (C=O) groups excluding carboxylic acids is 1. The van der Waals surface area contributed by atoms with E-state index in [0.29, 0.717) is 0 Å². The highest BCUT2D eigenvalue weighted by Crippen LogP contribution is 2.51. The molecule has 1 aliphatic rings. The van der Waals surface area contributed by atoms with Gasteiger partial charge >= 0.3 is 6.09 Å². The molecule has 0 aliphatic carbocycles. The molecule has 0 aromatic carbocycles. The number of amides is 1. The summed E-state index contributed by atoms with van der Waals surface area (Å²) in [5, 5.41) is 0. The van der Waals surface area contributed by atoms with Crippen LogP contribution in [0.15, 0.2) is 0 Å². The SMILES string of the molecule is CC1COS(O)(O)N1C(=O)OC(C)(C)C. The Morgan fingerprint density at radius 1 is 1.53 bits per heavy atom. The predicted octanol–water partition coefficient (Wildman–Crippen LogP) is 2.22. The summed E-state index contributed by atoms with van der Waals surface area (Å²) >= 11 is -3.45. The molecule has 0 saturated carbocycles. The van der Waals surface area contributed by atoms with Crippen molar-refractivity contribution >= 4 is 17.1 Å². The van der Waals surface area contributed by atoms with Crippen molar-refractivity contribution < 1.29 is 22.8 Å². The second-order valence-corrected chi connectivity index (χ2v) is 5.97. The normalized spacial score (nSPS) is 27.6. The third kappa shape index (κ3) is 2.97. The Morgan fingerprint density at radius 3 is 2.40 bits per heavy atom. The fourth-order valence-corrected chi connectivity index (χ4v) is 2.39. The molecule has 90 valence electrons. The first-order chi connectivity index (χ1) is 6.63. The molecule has 1 unspecified atom stereocenters. The van der Waals surface area contributed by atoms with Crippen LogP contribution in [0.3, 0.4) is 0 Å². The largest absolute Gasteiger partial charge is 0.443 e. The number of carbonyl (C=O) groups is 1. The van der Waals surface area contributed by atoms with Crippen molar-refractivity contribution in [1.29, 1.82) is 0 Å². The van der Waals surface area contributed by atoms with Gasteiger partial charge in [-0.3, -0.25) is 13.3 Å². The quantitative estimate of drug-likeness (QED) is 0.677. The molecular weight excluding hydrogens is 222 g/mol. The molecular formula is C8H17NO5S. The molecule has 7 heteroatoms. The standard InChI is InChI=1S/C8H17NO5S/c1-6-5-13-15(11,12)9(6)7(10)14-8(2,3)4/h6,11-12H,5H2,1-4H3. The predicted molar refractivity (Wildman–Crippen MR) is 56.3 cm³/mol. The van der Waals surface area contributed by atoms with Crippen molar-refractivity contribution in [2.75, 3.05) is 6.61 Å². The molecule has 0 aromatic heterocycles. The van der Waals surface area contributed by atoms with Gasteiger partial charge in [0.1, 0.15) is 5.60 Å². The van der Waals surface area contributed by atoms with Crippen molar-refractivity contribution in [2.24, 2.45) is 0 Å². The minimum absolute atomic E-state index is 0.0988. The van der Waals surface area contributed by atoms with E-state index in [1.54, 1.807) is 27.7 Å². The van der Waals surface area contributed by atoms with Crippen LogP contribution in [0.5, 0.6) is 0 Å². The molecule has 1 atom stereocenters. The van der Waals surface area contributed by atoms with Gasteiger partial charge in [-0.1, -0.05) is 0 Å². The molecule has 0 bridgehead atoms. The molecule has 1 amide bonds. The minimum atomic E-state index is -3.45. The third-order valence-corrected chi connectivity index (χ3v) is 3.17. The highest BCUT2D eigenvalue weighted by atomic mass is 32.3. The highest BCUT2D eigenvalue weighted by Gasteiger charge is 2.45. The second kappa shape index (κ2) is 3.82. The first-order valence-corrected chi connectivity index (χ1v) is 6.01. The van der Waals surface area contributed by atoms with Gasteiger partial charge < -0.3 is 4.74 Å². The number of rotatable bonds is 0. The van der Waals surface area contributed by atoms with Crippen LogP contribution in [-0.2, 0) is 8.92 Å². The minimum Gasteiger partial charge on any atom is -0.443 e. The van der Waals surface area contributed by atoms with E-state index in [0.717, 1.165) is 4.31 Å². The molecule has 0 radical (unpaired) electrons. The van der Waals surface area contributed by atoms with Gasteiger partial charge in [0.2, 0.25) is 0 Å². The van der Waals surface area contributed by atoms with Gasteiger partial charge in [-0.25, -0.2) is 9.10 Å². The monoisotopic (exact) mass is 239 g/mol. The van der Waals surface area contributed by atoms with Gasteiger partial charge in [0, 0.05) is 0 Å². The van der Waals surface area contributed by atoms with Crippen LogP contribution < -0.4 is 0 Å². The number of hydrogen-bond donors (Lipinski definition) is 2. The van der Waals surface area contributed by atoms with Gasteiger partial charge in [-0.2, -0.15) is 0 Å². The summed E-state index contributed by atoms with van der Waals surface area (Å²) in [4.78, 5) is 11.6. The Kier molecular flexibility index (Phi) is 3.20. The average molecular weight is 239 g/mol. The second-order valence-electron chi connectivity index (χ2n) is 4.41. The Bertz CT molecular complexity index is 262. The lowest BCUT2D eigenvalue weighted by molar-refractivity contribution is 0.0353. The summed E-state index contributed by atoms with van der Waals surface area (Å²) in [6.45, 7) is 6.88. The molecule has 0 aromatic rings. The zero-order valence-electron chi connectivity index (χ0n) is 9.26. The topological polar surface area (TPSA) is 79.2 Å². The lowest BCUT2D eigenvalue weighted by Crippen LogP contribution is -2.39. The van der Waals surface area contributed by atoms with E-state index in [1.807, 2.05) is 0 Å². The van der Waals surface area contributed by atoms with Crippen LogP contribution in [-0.4, -0.2) is 37.8 Å². The third-order valence-electron chi connectivity index (χ3n) is 1.70. The maximum atomic E-state index is 11.6. The van der Waals surface area contributed by atoms with Crippen LogP contribution in [0, 0.1) is 0 Å². The summed E-state index contributed by atoms with van der Waals surface area (Å²) in [5.41, 5.74) is -0.672. The number of ether oxygens (including phenoxy) is 1. The van der Waals surface area contributed by atoms with Crippen LogP contribution in [0.4, 0.5) is 4.79 Å².